The molecular weight excluding hydrogens is 208 g/mol. The first kappa shape index (κ1) is 11.2. The van der Waals surface area contributed by atoms with Gasteiger partial charge >= 0.3 is 0 Å². The first-order chi connectivity index (χ1) is 8.33. The maximum Gasteiger partial charge on any atom is 0.0451 e. The van der Waals surface area contributed by atoms with Crippen molar-refractivity contribution in [2.45, 2.75) is 63.3 Å². The van der Waals surface area contributed by atoms with E-state index in [0.29, 0.717) is 6.04 Å². The number of pyridine rings is 1. The summed E-state index contributed by atoms with van der Waals surface area (Å²) < 4.78 is 0. The first-order valence-electron chi connectivity index (χ1n) is 7.06. The molecule has 2 aliphatic carbocycles. The van der Waals surface area contributed by atoms with Crippen molar-refractivity contribution in [3.8, 4) is 0 Å². The Hall–Kier alpha value is -0.890. The van der Waals surface area contributed by atoms with Gasteiger partial charge < -0.3 is 5.73 Å². The summed E-state index contributed by atoms with van der Waals surface area (Å²) in [6.07, 6.45) is 12.4. The van der Waals surface area contributed by atoms with E-state index in [-0.39, 0.29) is 0 Å². The van der Waals surface area contributed by atoms with Crippen LogP contribution in [0.3, 0.4) is 0 Å². The highest BCUT2D eigenvalue weighted by Gasteiger charge is 2.22. The van der Waals surface area contributed by atoms with Crippen LogP contribution in [-0.2, 0) is 12.8 Å². The Morgan fingerprint density at radius 2 is 1.82 bits per heavy atom. The zero-order valence-electron chi connectivity index (χ0n) is 10.5. The Morgan fingerprint density at radius 1 is 1.06 bits per heavy atom. The lowest BCUT2D eigenvalue weighted by Gasteiger charge is -2.15. The summed E-state index contributed by atoms with van der Waals surface area (Å²) in [6, 6.07) is 2.70. The van der Waals surface area contributed by atoms with Crippen LogP contribution in [0.25, 0.3) is 0 Å². The van der Waals surface area contributed by atoms with E-state index in [2.05, 4.69) is 17.2 Å². The van der Waals surface area contributed by atoms with Gasteiger partial charge in [-0.1, -0.05) is 31.7 Å². The molecule has 1 heterocycles. The molecule has 2 N–H and O–H groups in total. The fourth-order valence-electron chi connectivity index (χ4n) is 3.36. The molecule has 0 spiro atoms. The quantitative estimate of drug-likeness (QED) is 0.753. The van der Waals surface area contributed by atoms with Crippen molar-refractivity contribution in [2.24, 2.45) is 5.73 Å². The molecule has 92 valence electrons. The van der Waals surface area contributed by atoms with E-state index >= 15 is 0 Å². The molecule has 17 heavy (non-hydrogen) atoms. The van der Waals surface area contributed by atoms with Crippen LogP contribution in [0.2, 0.25) is 0 Å². The van der Waals surface area contributed by atoms with Gasteiger partial charge in [-0.2, -0.15) is 0 Å². The summed E-state index contributed by atoms with van der Waals surface area (Å²) in [6.45, 7) is 0. The fraction of sp³-hybridized carbons (Fsp3) is 0.667. The van der Waals surface area contributed by atoms with Crippen LogP contribution in [0.4, 0.5) is 0 Å². The van der Waals surface area contributed by atoms with Crippen LogP contribution in [0.15, 0.2) is 12.3 Å². The second kappa shape index (κ2) is 4.77. The first-order valence-corrected chi connectivity index (χ1v) is 7.06. The fourth-order valence-corrected chi connectivity index (χ4v) is 3.36. The molecule has 0 radical (unpaired) electrons. The molecule has 0 aromatic carbocycles. The number of fused-ring (bicyclic) bond motifs is 1. The summed E-state index contributed by atoms with van der Waals surface area (Å²) >= 11 is 0. The van der Waals surface area contributed by atoms with E-state index in [1.54, 1.807) is 0 Å². The molecule has 1 saturated carbocycles. The number of nitrogens with zero attached hydrogens (tertiary/aromatic N) is 1. The lowest BCUT2D eigenvalue weighted by molar-refractivity contribution is 0.590. The molecule has 0 bridgehead atoms. The van der Waals surface area contributed by atoms with Crippen LogP contribution in [0.5, 0.6) is 0 Å². The maximum absolute atomic E-state index is 6.00. The highest BCUT2D eigenvalue weighted by molar-refractivity contribution is 5.32. The second-order valence-electron chi connectivity index (χ2n) is 5.73. The third kappa shape index (κ3) is 2.37. The highest BCUT2D eigenvalue weighted by atomic mass is 14.7. The van der Waals surface area contributed by atoms with Gasteiger partial charge in [0.25, 0.3) is 0 Å². The van der Waals surface area contributed by atoms with Crippen molar-refractivity contribution in [3.63, 3.8) is 0 Å². The van der Waals surface area contributed by atoms with Crippen LogP contribution in [0, 0.1) is 0 Å². The molecule has 3 rings (SSSR count). The molecule has 2 aliphatic rings. The third-order valence-corrected chi connectivity index (χ3v) is 4.35. The van der Waals surface area contributed by atoms with Crippen molar-refractivity contribution in [2.75, 3.05) is 0 Å². The van der Waals surface area contributed by atoms with Gasteiger partial charge in [-0.05, 0) is 36.3 Å². The zero-order chi connectivity index (χ0) is 11.7. The van der Waals surface area contributed by atoms with Gasteiger partial charge in [-0.25, -0.2) is 0 Å². The summed E-state index contributed by atoms with van der Waals surface area (Å²) in [5, 5.41) is 0. The van der Waals surface area contributed by atoms with E-state index in [9.17, 15) is 0 Å². The number of hydrogen-bond donors (Lipinski definition) is 1. The van der Waals surface area contributed by atoms with Crippen molar-refractivity contribution in [3.05, 3.63) is 29.1 Å². The lowest BCUT2D eigenvalue weighted by Crippen LogP contribution is -2.19. The minimum absolute atomic E-state index is 0.307. The van der Waals surface area contributed by atoms with E-state index < -0.39 is 0 Å². The zero-order valence-corrected chi connectivity index (χ0v) is 10.5. The monoisotopic (exact) mass is 230 g/mol. The van der Waals surface area contributed by atoms with Crippen LogP contribution in [-0.4, -0.2) is 11.0 Å². The Bertz CT molecular complexity index is 392. The van der Waals surface area contributed by atoms with E-state index in [1.165, 1.54) is 55.3 Å². The normalized spacial score (nSPS) is 25.6. The van der Waals surface area contributed by atoms with E-state index in [0.717, 1.165) is 18.8 Å². The lowest BCUT2D eigenvalue weighted by atomic mass is 9.92. The average Bonchev–Trinajstić information content (AvgIpc) is 2.53. The van der Waals surface area contributed by atoms with Gasteiger partial charge in [0.2, 0.25) is 0 Å². The molecule has 1 atom stereocenters. The molecule has 0 saturated heterocycles. The largest absolute Gasteiger partial charge is 0.327 e. The van der Waals surface area contributed by atoms with Crippen molar-refractivity contribution in [1.29, 1.82) is 0 Å². The minimum atomic E-state index is 0.307. The van der Waals surface area contributed by atoms with Gasteiger partial charge in [-0.15, -0.1) is 0 Å². The van der Waals surface area contributed by atoms with Crippen LogP contribution < -0.4 is 5.73 Å². The molecule has 1 fully saturated rings. The summed E-state index contributed by atoms with van der Waals surface area (Å²) in [4.78, 5) is 4.64. The number of rotatable bonds is 1. The van der Waals surface area contributed by atoms with Crippen molar-refractivity contribution in [1.82, 2.24) is 4.98 Å². The number of hydrogen-bond acceptors (Lipinski definition) is 2. The average molecular weight is 230 g/mol. The highest BCUT2D eigenvalue weighted by Crippen LogP contribution is 2.33. The Balaban J connectivity index is 1.81. The van der Waals surface area contributed by atoms with Gasteiger partial charge in [0.1, 0.15) is 0 Å². The predicted molar refractivity (Wildman–Crippen MR) is 70.1 cm³/mol. The topological polar surface area (TPSA) is 38.9 Å². The van der Waals surface area contributed by atoms with Gasteiger partial charge in [0.15, 0.2) is 0 Å². The maximum atomic E-state index is 6.00. The second-order valence-corrected chi connectivity index (χ2v) is 5.73. The van der Waals surface area contributed by atoms with Crippen LogP contribution >= 0.6 is 0 Å². The Morgan fingerprint density at radius 3 is 2.59 bits per heavy atom. The molecular formula is C15H22N2. The van der Waals surface area contributed by atoms with Gasteiger partial charge in [-0.3, -0.25) is 4.98 Å². The molecule has 1 aromatic heterocycles. The predicted octanol–water partition coefficient (Wildman–Crippen LogP) is 2.95. The molecule has 1 aromatic rings. The van der Waals surface area contributed by atoms with Crippen molar-refractivity contribution < 1.29 is 0 Å². The van der Waals surface area contributed by atoms with Crippen LogP contribution in [0.1, 0.15) is 61.3 Å². The van der Waals surface area contributed by atoms with E-state index in [1.807, 2.05) is 0 Å². The molecule has 2 nitrogen and oxygen atoms in total. The summed E-state index contributed by atoms with van der Waals surface area (Å²) in [7, 11) is 0. The van der Waals surface area contributed by atoms with Gasteiger partial charge in [0.05, 0.1) is 0 Å². The Kier molecular flexibility index (Phi) is 3.15. The smallest absolute Gasteiger partial charge is 0.0451 e. The number of aromatic nitrogens is 1. The molecule has 0 aliphatic heterocycles. The van der Waals surface area contributed by atoms with E-state index in [4.69, 9.17) is 5.73 Å². The summed E-state index contributed by atoms with van der Waals surface area (Å²) in [5.74, 6) is 0.757. The van der Waals surface area contributed by atoms with Crippen molar-refractivity contribution >= 4 is 0 Å². The molecule has 1 unspecified atom stereocenters. The number of nitrogens with two attached hydrogens (primary N) is 1. The third-order valence-electron chi connectivity index (χ3n) is 4.35. The Labute approximate surface area is 104 Å². The summed E-state index contributed by atoms with van der Waals surface area (Å²) in [5.41, 5.74) is 10.1. The minimum Gasteiger partial charge on any atom is -0.327 e. The molecule has 0 amide bonds. The van der Waals surface area contributed by atoms with Gasteiger partial charge in [0, 0.05) is 24.4 Å². The molecule has 2 heteroatoms. The standard InChI is InChI=1S/C15H22N2/c16-14-8-12-7-13(10-17-15(12)9-14)11-5-3-1-2-4-6-11/h7,10-11,14H,1-6,8-9,16H2. The SMILES string of the molecule is NC1Cc2cc(C3CCCCCC3)cnc2C1.